The minimum Gasteiger partial charge on any atom is -0.462 e. The van der Waals surface area contributed by atoms with Crippen LogP contribution in [0.5, 0.6) is 0 Å². The Morgan fingerprint density at radius 1 is 1.53 bits per heavy atom. The average Bonchev–Trinajstić information content (AvgIpc) is 2.28. The van der Waals surface area contributed by atoms with Crippen LogP contribution in [-0.4, -0.2) is 18.8 Å². The summed E-state index contributed by atoms with van der Waals surface area (Å²) in [4.78, 5) is 12.7. The lowest BCUT2D eigenvalue weighted by atomic mass is 10.1. The smallest absolute Gasteiger partial charge is 0.338 e. The molecular formula is C11H13IO2S. The highest BCUT2D eigenvalue weighted by Gasteiger charge is 2.12. The fourth-order valence-electron chi connectivity index (χ4n) is 1.20. The lowest BCUT2D eigenvalue weighted by Crippen LogP contribution is -2.07. The molecule has 0 aliphatic heterocycles. The molecule has 82 valence electrons. The molecule has 0 unspecified atom stereocenters. The van der Waals surface area contributed by atoms with Gasteiger partial charge in [-0.05, 0) is 30.9 Å². The first kappa shape index (κ1) is 12.8. The zero-order valence-electron chi connectivity index (χ0n) is 8.75. The predicted octanol–water partition coefficient (Wildman–Crippen LogP) is 3.52. The van der Waals surface area contributed by atoms with Gasteiger partial charge in [-0.25, -0.2) is 4.79 Å². The zero-order valence-corrected chi connectivity index (χ0v) is 11.7. The lowest BCUT2D eigenvalue weighted by Gasteiger charge is -2.08. The summed E-state index contributed by atoms with van der Waals surface area (Å²) in [5.41, 5.74) is 1.73. The molecule has 1 aromatic carbocycles. The Kier molecular flexibility index (Phi) is 5.45. The minimum absolute atomic E-state index is 0.222. The first-order valence-corrected chi connectivity index (χ1v) is 7.38. The summed E-state index contributed by atoms with van der Waals surface area (Å²) >= 11 is 3.88. The van der Waals surface area contributed by atoms with E-state index in [1.807, 2.05) is 31.4 Å². The molecule has 0 saturated carbocycles. The molecule has 0 amide bonds. The van der Waals surface area contributed by atoms with Gasteiger partial charge in [-0.1, -0.05) is 28.7 Å². The second-order valence-corrected chi connectivity index (χ2v) is 4.52. The standard InChI is InChI=1S/C11H13IO2S/c1-3-14-11(13)10-6-9(15-2)5-4-8(10)7-12/h4-6H,3,7H2,1-2H3. The number of alkyl halides is 1. The molecule has 0 N–H and O–H groups in total. The topological polar surface area (TPSA) is 26.3 Å². The van der Waals surface area contributed by atoms with E-state index in [-0.39, 0.29) is 5.97 Å². The summed E-state index contributed by atoms with van der Waals surface area (Å²) in [5.74, 6) is -0.222. The largest absolute Gasteiger partial charge is 0.462 e. The van der Waals surface area contributed by atoms with E-state index in [0.717, 1.165) is 14.9 Å². The third-order valence-corrected chi connectivity index (χ3v) is 3.50. The van der Waals surface area contributed by atoms with Crippen molar-refractivity contribution in [2.45, 2.75) is 16.2 Å². The highest BCUT2D eigenvalue weighted by atomic mass is 127. The van der Waals surface area contributed by atoms with Gasteiger partial charge in [-0.15, -0.1) is 11.8 Å². The van der Waals surface area contributed by atoms with Crippen molar-refractivity contribution < 1.29 is 9.53 Å². The maximum absolute atomic E-state index is 11.7. The maximum Gasteiger partial charge on any atom is 0.338 e. The molecule has 0 heterocycles. The summed E-state index contributed by atoms with van der Waals surface area (Å²) < 4.78 is 5.84. The van der Waals surface area contributed by atoms with E-state index in [4.69, 9.17) is 4.74 Å². The van der Waals surface area contributed by atoms with Crippen LogP contribution < -0.4 is 0 Å². The molecule has 1 rings (SSSR count). The molecule has 0 bridgehead atoms. The third kappa shape index (κ3) is 3.38. The van der Waals surface area contributed by atoms with Crippen molar-refractivity contribution in [3.05, 3.63) is 29.3 Å². The highest BCUT2D eigenvalue weighted by Crippen LogP contribution is 2.22. The molecule has 0 saturated heterocycles. The van der Waals surface area contributed by atoms with E-state index in [2.05, 4.69) is 22.6 Å². The SMILES string of the molecule is CCOC(=O)c1cc(SC)ccc1CI. The monoisotopic (exact) mass is 336 g/mol. The van der Waals surface area contributed by atoms with E-state index in [9.17, 15) is 4.79 Å². The molecule has 0 radical (unpaired) electrons. The van der Waals surface area contributed by atoms with Crippen molar-refractivity contribution in [2.24, 2.45) is 0 Å². The van der Waals surface area contributed by atoms with Crippen molar-refractivity contribution in [3.8, 4) is 0 Å². The van der Waals surface area contributed by atoms with Gasteiger partial charge in [0.05, 0.1) is 12.2 Å². The molecule has 0 aliphatic carbocycles. The van der Waals surface area contributed by atoms with E-state index in [1.54, 1.807) is 11.8 Å². The normalized spacial score (nSPS) is 10.1. The Morgan fingerprint density at radius 2 is 2.27 bits per heavy atom. The van der Waals surface area contributed by atoms with Gasteiger partial charge < -0.3 is 4.74 Å². The molecule has 2 nitrogen and oxygen atoms in total. The third-order valence-electron chi connectivity index (χ3n) is 1.96. The summed E-state index contributed by atoms with van der Waals surface area (Å²) in [7, 11) is 0. The van der Waals surface area contributed by atoms with Gasteiger partial charge >= 0.3 is 5.97 Å². The van der Waals surface area contributed by atoms with Gasteiger partial charge in [0.2, 0.25) is 0 Å². The number of esters is 1. The van der Waals surface area contributed by atoms with Crippen LogP contribution in [0.25, 0.3) is 0 Å². The van der Waals surface area contributed by atoms with Gasteiger partial charge in [0.1, 0.15) is 0 Å². The van der Waals surface area contributed by atoms with Gasteiger partial charge in [0.15, 0.2) is 0 Å². The van der Waals surface area contributed by atoms with Crippen LogP contribution in [-0.2, 0) is 9.16 Å². The Labute approximate surface area is 108 Å². The van der Waals surface area contributed by atoms with Crippen molar-refractivity contribution in [1.29, 1.82) is 0 Å². The number of carbonyl (C=O) groups excluding carboxylic acids is 1. The first-order chi connectivity index (χ1) is 7.22. The number of carbonyl (C=O) groups is 1. The van der Waals surface area contributed by atoms with Crippen LogP contribution in [0.1, 0.15) is 22.8 Å². The fourth-order valence-corrected chi connectivity index (χ4v) is 2.30. The molecule has 0 aromatic heterocycles. The fraction of sp³-hybridized carbons (Fsp3) is 0.364. The van der Waals surface area contributed by atoms with E-state index in [0.29, 0.717) is 12.2 Å². The molecule has 0 spiro atoms. The van der Waals surface area contributed by atoms with Gasteiger partial charge in [0, 0.05) is 9.32 Å². The lowest BCUT2D eigenvalue weighted by molar-refractivity contribution is 0.0525. The van der Waals surface area contributed by atoms with E-state index < -0.39 is 0 Å². The van der Waals surface area contributed by atoms with E-state index in [1.165, 1.54) is 0 Å². The van der Waals surface area contributed by atoms with E-state index >= 15 is 0 Å². The number of halogens is 1. The molecule has 0 fully saturated rings. The van der Waals surface area contributed by atoms with Gasteiger partial charge in [-0.3, -0.25) is 0 Å². The summed E-state index contributed by atoms with van der Waals surface area (Å²) in [6, 6.07) is 5.92. The molecule has 0 aliphatic rings. The predicted molar refractivity (Wildman–Crippen MR) is 71.9 cm³/mol. The minimum atomic E-state index is -0.222. The second kappa shape index (κ2) is 6.37. The van der Waals surface area contributed by atoms with Crippen molar-refractivity contribution >= 4 is 40.3 Å². The summed E-state index contributed by atoms with van der Waals surface area (Å²) in [6.07, 6.45) is 1.99. The number of hydrogen-bond donors (Lipinski definition) is 0. The van der Waals surface area contributed by atoms with Crippen LogP contribution in [0.2, 0.25) is 0 Å². The Balaban J connectivity index is 3.05. The molecule has 15 heavy (non-hydrogen) atoms. The van der Waals surface area contributed by atoms with Crippen molar-refractivity contribution in [1.82, 2.24) is 0 Å². The van der Waals surface area contributed by atoms with Crippen LogP contribution in [0.3, 0.4) is 0 Å². The summed E-state index contributed by atoms with van der Waals surface area (Å²) in [5, 5.41) is 0. The molecule has 4 heteroatoms. The summed E-state index contributed by atoms with van der Waals surface area (Å²) in [6.45, 7) is 2.24. The number of benzene rings is 1. The van der Waals surface area contributed by atoms with Crippen LogP contribution in [0.4, 0.5) is 0 Å². The first-order valence-electron chi connectivity index (χ1n) is 4.63. The van der Waals surface area contributed by atoms with Crippen LogP contribution in [0.15, 0.2) is 23.1 Å². The second-order valence-electron chi connectivity index (χ2n) is 2.88. The highest BCUT2D eigenvalue weighted by molar-refractivity contribution is 14.1. The van der Waals surface area contributed by atoms with Crippen LogP contribution in [0, 0.1) is 0 Å². The number of rotatable bonds is 4. The number of hydrogen-bond acceptors (Lipinski definition) is 3. The molecule has 1 aromatic rings. The average molecular weight is 336 g/mol. The number of thioether (sulfide) groups is 1. The molecule has 0 atom stereocenters. The quantitative estimate of drug-likeness (QED) is 0.364. The number of ether oxygens (including phenoxy) is 1. The van der Waals surface area contributed by atoms with Crippen molar-refractivity contribution in [3.63, 3.8) is 0 Å². The van der Waals surface area contributed by atoms with Crippen LogP contribution >= 0.6 is 34.4 Å². The molecular weight excluding hydrogens is 323 g/mol. The van der Waals surface area contributed by atoms with Gasteiger partial charge in [-0.2, -0.15) is 0 Å². The van der Waals surface area contributed by atoms with Gasteiger partial charge in [0.25, 0.3) is 0 Å². The zero-order chi connectivity index (χ0) is 11.3. The maximum atomic E-state index is 11.7. The Bertz CT molecular complexity index is 352. The Morgan fingerprint density at radius 3 is 2.80 bits per heavy atom. The van der Waals surface area contributed by atoms with Crippen molar-refractivity contribution in [2.75, 3.05) is 12.9 Å². The Hall–Kier alpha value is -0.230.